The lowest BCUT2D eigenvalue weighted by molar-refractivity contribution is -0.125. The van der Waals surface area contributed by atoms with E-state index in [1.807, 2.05) is 0 Å². The number of benzene rings is 2. The van der Waals surface area contributed by atoms with Crippen LogP contribution in [0.1, 0.15) is 23.2 Å². The molecule has 1 saturated heterocycles. The molecule has 0 radical (unpaired) electrons. The summed E-state index contributed by atoms with van der Waals surface area (Å²) in [7, 11) is -2.13. The molecule has 0 aliphatic carbocycles. The van der Waals surface area contributed by atoms with Crippen LogP contribution in [0.25, 0.3) is 0 Å². The van der Waals surface area contributed by atoms with Crippen LogP contribution in [-0.4, -0.2) is 45.3 Å². The number of halogens is 1. The van der Waals surface area contributed by atoms with Crippen molar-refractivity contribution in [3.05, 3.63) is 59.1 Å². The molecule has 0 saturated carbocycles. The van der Waals surface area contributed by atoms with Crippen molar-refractivity contribution in [2.75, 3.05) is 24.9 Å². The van der Waals surface area contributed by atoms with Crippen molar-refractivity contribution in [1.29, 1.82) is 0 Å². The van der Waals surface area contributed by atoms with Crippen LogP contribution in [0.5, 0.6) is 0 Å². The number of rotatable bonds is 5. The number of nitrogens with one attached hydrogen (secondary N) is 2. The standard InChI is InChI=1S/C20H22ClN3O4S/c1-22-19(25)14-10-12-24(13-11-14)20(26)15-2-6-17(7-3-15)23-29(27,28)18-8-4-16(21)5-9-18/h2-9,14,23H,10-13H2,1H3,(H,22,25). The molecule has 0 spiro atoms. The van der Waals surface area contributed by atoms with Crippen molar-refractivity contribution in [3.8, 4) is 0 Å². The van der Waals surface area contributed by atoms with Crippen molar-refractivity contribution in [2.45, 2.75) is 17.7 Å². The molecule has 7 nitrogen and oxygen atoms in total. The summed E-state index contributed by atoms with van der Waals surface area (Å²) in [6, 6.07) is 12.1. The molecule has 1 fully saturated rings. The average molecular weight is 436 g/mol. The van der Waals surface area contributed by atoms with Crippen molar-refractivity contribution >= 4 is 39.1 Å². The van der Waals surface area contributed by atoms with E-state index in [-0.39, 0.29) is 22.6 Å². The van der Waals surface area contributed by atoms with Crippen molar-refractivity contribution in [2.24, 2.45) is 5.92 Å². The summed E-state index contributed by atoms with van der Waals surface area (Å²) in [4.78, 5) is 26.2. The van der Waals surface area contributed by atoms with Gasteiger partial charge in [0, 0.05) is 42.3 Å². The van der Waals surface area contributed by atoms with Crippen LogP contribution in [0.2, 0.25) is 5.02 Å². The summed E-state index contributed by atoms with van der Waals surface area (Å²) >= 11 is 5.79. The van der Waals surface area contributed by atoms with E-state index in [1.54, 1.807) is 36.2 Å². The molecule has 9 heteroatoms. The van der Waals surface area contributed by atoms with Crippen LogP contribution >= 0.6 is 11.6 Å². The Morgan fingerprint density at radius 1 is 1.00 bits per heavy atom. The normalized spacial score (nSPS) is 15.0. The van der Waals surface area contributed by atoms with Gasteiger partial charge < -0.3 is 10.2 Å². The van der Waals surface area contributed by atoms with Gasteiger partial charge in [0.2, 0.25) is 5.91 Å². The monoisotopic (exact) mass is 435 g/mol. The summed E-state index contributed by atoms with van der Waals surface area (Å²) < 4.78 is 27.3. The highest BCUT2D eigenvalue weighted by molar-refractivity contribution is 7.92. The second-order valence-corrected chi connectivity index (χ2v) is 8.94. The highest BCUT2D eigenvalue weighted by Gasteiger charge is 2.27. The number of likely N-dealkylation sites (tertiary alicyclic amines) is 1. The van der Waals surface area contributed by atoms with Crippen LogP contribution in [0.15, 0.2) is 53.4 Å². The molecular formula is C20H22ClN3O4S. The van der Waals surface area contributed by atoms with E-state index in [0.717, 1.165) is 0 Å². The number of anilines is 1. The molecule has 0 aromatic heterocycles. The summed E-state index contributed by atoms with van der Waals surface area (Å²) in [6.45, 7) is 1.03. The van der Waals surface area contributed by atoms with E-state index >= 15 is 0 Å². The van der Waals surface area contributed by atoms with Crippen LogP contribution in [0, 0.1) is 5.92 Å². The number of hydrogen-bond donors (Lipinski definition) is 2. The van der Waals surface area contributed by atoms with Gasteiger partial charge in [-0.1, -0.05) is 11.6 Å². The first-order chi connectivity index (χ1) is 13.8. The van der Waals surface area contributed by atoms with Gasteiger partial charge in [-0.25, -0.2) is 8.42 Å². The minimum atomic E-state index is -3.74. The number of hydrogen-bond acceptors (Lipinski definition) is 4. The Morgan fingerprint density at radius 2 is 1.59 bits per heavy atom. The molecule has 2 N–H and O–H groups in total. The third kappa shape index (κ3) is 5.07. The van der Waals surface area contributed by atoms with E-state index < -0.39 is 10.0 Å². The van der Waals surface area contributed by atoms with Crippen molar-refractivity contribution in [3.63, 3.8) is 0 Å². The highest BCUT2D eigenvalue weighted by Crippen LogP contribution is 2.21. The molecule has 154 valence electrons. The molecule has 2 aromatic rings. The van der Waals surface area contributed by atoms with Gasteiger partial charge in [-0.3, -0.25) is 14.3 Å². The first-order valence-electron chi connectivity index (χ1n) is 9.19. The van der Waals surface area contributed by atoms with Crippen LogP contribution in [0.3, 0.4) is 0 Å². The van der Waals surface area contributed by atoms with Crippen LogP contribution in [0.4, 0.5) is 5.69 Å². The third-order valence-electron chi connectivity index (χ3n) is 4.91. The molecule has 0 bridgehead atoms. The number of nitrogens with zero attached hydrogens (tertiary/aromatic N) is 1. The van der Waals surface area contributed by atoms with Gasteiger partial charge in [-0.15, -0.1) is 0 Å². The number of amides is 2. The summed E-state index contributed by atoms with van der Waals surface area (Å²) in [5, 5.41) is 3.09. The quantitative estimate of drug-likeness (QED) is 0.754. The molecular weight excluding hydrogens is 414 g/mol. The topological polar surface area (TPSA) is 95.6 Å². The molecule has 3 rings (SSSR count). The fourth-order valence-electron chi connectivity index (χ4n) is 3.24. The van der Waals surface area contributed by atoms with Gasteiger partial charge in [-0.05, 0) is 61.4 Å². The minimum absolute atomic E-state index is 0.00872. The molecule has 1 heterocycles. The molecule has 1 aliphatic heterocycles. The summed E-state index contributed by atoms with van der Waals surface area (Å²) in [5.41, 5.74) is 0.827. The van der Waals surface area contributed by atoms with Gasteiger partial charge in [0.05, 0.1) is 4.90 Å². The molecule has 29 heavy (non-hydrogen) atoms. The first-order valence-corrected chi connectivity index (χ1v) is 11.1. The molecule has 1 aliphatic rings. The zero-order valence-electron chi connectivity index (χ0n) is 15.9. The Balaban J connectivity index is 1.63. The maximum absolute atomic E-state index is 12.7. The van der Waals surface area contributed by atoms with Gasteiger partial charge in [0.1, 0.15) is 0 Å². The summed E-state index contributed by atoms with van der Waals surface area (Å²) in [5.74, 6) is -0.185. The van der Waals surface area contributed by atoms with E-state index in [4.69, 9.17) is 11.6 Å². The number of carbonyl (C=O) groups excluding carboxylic acids is 2. The Kier molecular flexibility index (Phi) is 6.44. The highest BCUT2D eigenvalue weighted by atomic mass is 35.5. The Morgan fingerprint density at radius 3 is 2.14 bits per heavy atom. The van der Waals surface area contributed by atoms with Gasteiger partial charge in [0.15, 0.2) is 0 Å². The second-order valence-electron chi connectivity index (χ2n) is 6.82. The van der Waals surface area contributed by atoms with Crippen molar-refractivity contribution < 1.29 is 18.0 Å². The predicted molar refractivity (Wildman–Crippen MR) is 111 cm³/mol. The lowest BCUT2D eigenvalue weighted by atomic mass is 9.95. The lowest BCUT2D eigenvalue weighted by Crippen LogP contribution is -2.42. The van der Waals surface area contributed by atoms with Gasteiger partial charge >= 0.3 is 0 Å². The van der Waals surface area contributed by atoms with E-state index in [0.29, 0.717) is 42.2 Å². The van der Waals surface area contributed by atoms with Crippen LogP contribution in [-0.2, 0) is 14.8 Å². The Labute approximate surface area is 175 Å². The number of carbonyl (C=O) groups is 2. The maximum atomic E-state index is 12.7. The smallest absolute Gasteiger partial charge is 0.261 e. The van der Waals surface area contributed by atoms with Crippen LogP contribution < -0.4 is 10.0 Å². The van der Waals surface area contributed by atoms with Gasteiger partial charge in [-0.2, -0.15) is 0 Å². The number of piperidine rings is 1. The molecule has 0 unspecified atom stereocenters. The second kappa shape index (κ2) is 8.84. The van der Waals surface area contributed by atoms with E-state index in [9.17, 15) is 18.0 Å². The molecule has 2 aromatic carbocycles. The largest absolute Gasteiger partial charge is 0.359 e. The lowest BCUT2D eigenvalue weighted by Gasteiger charge is -2.31. The zero-order chi connectivity index (χ0) is 21.0. The predicted octanol–water partition coefficient (Wildman–Crippen LogP) is 2.74. The molecule has 0 atom stereocenters. The van der Waals surface area contributed by atoms with E-state index in [2.05, 4.69) is 10.0 Å². The maximum Gasteiger partial charge on any atom is 0.261 e. The SMILES string of the molecule is CNC(=O)C1CCN(C(=O)c2ccc(NS(=O)(=O)c3ccc(Cl)cc3)cc2)CC1. The fourth-order valence-corrected chi connectivity index (χ4v) is 4.42. The van der Waals surface area contributed by atoms with E-state index in [1.165, 1.54) is 24.3 Å². The minimum Gasteiger partial charge on any atom is -0.359 e. The third-order valence-corrected chi connectivity index (χ3v) is 6.56. The average Bonchev–Trinajstić information content (AvgIpc) is 2.73. The van der Waals surface area contributed by atoms with Gasteiger partial charge in [0.25, 0.3) is 15.9 Å². The fraction of sp³-hybridized carbons (Fsp3) is 0.300. The Hall–Kier alpha value is -2.58. The summed E-state index contributed by atoms with van der Waals surface area (Å²) in [6.07, 6.45) is 1.26. The first kappa shape index (κ1) is 21.1. The number of sulfonamides is 1. The Bertz CT molecular complexity index is 983. The zero-order valence-corrected chi connectivity index (χ0v) is 17.5. The van der Waals surface area contributed by atoms with Crippen molar-refractivity contribution in [1.82, 2.24) is 10.2 Å². The molecule has 2 amide bonds.